The van der Waals surface area contributed by atoms with E-state index in [1.807, 2.05) is 6.08 Å². The summed E-state index contributed by atoms with van der Waals surface area (Å²) in [6, 6.07) is 0. The molecule has 4 aliphatic rings. The Bertz CT molecular complexity index is 2790. The monoisotopic (exact) mass is 1100 g/mol. The van der Waals surface area contributed by atoms with Crippen molar-refractivity contribution < 1.29 is 10.2 Å². The highest BCUT2D eigenvalue weighted by Gasteiger charge is 2.35. The highest BCUT2D eigenvalue weighted by atomic mass is 16.3. The van der Waals surface area contributed by atoms with E-state index in [0.717, 1.165) is 19.3 Å². The number of hydrogen-bond donors (Lipinski definition) is 2. The third-order valence-electron chi connectivity index (χ3n) is 16.7. The second kappa shape index (κ2) is 34.1. The van der Waals surface area contributed by atoms with Crippen molar-refractivity contribution in [2.24, 2.45) is 27.6 Å². The van der Waals surface area contributed by atoms with Crippen LogP contribution in [0.2, 0.25) is 0 Å². The summed E-state index contributed by atoms with van der Waals surface area (Å²) in [7, 11) is 0. The molecule has 4 rings (SSSR count). The van der Waals surface area contributed by atoms with Crippen LogP contribution >= 0.6 is 0 Å². The molecule has 2 nitrogen and oxygen atoms in total. The molecular formula is C80H112O2. The van der Waals surface area contributed by atoms with Gasteiger partial charge >= 0.3 is 0 Å². The van der Waals surface area contributed by atoms with Gasteiger partial charge in [-0.25, -0.2) is 0 Å². The summed E-state index contributed by atoms with van der Waals surface area (Å²) >= 11 is 0. The van der Waals surface area contributed by atoms with Crippen LogP contribution in [0.1, 0.15) is 196 Å². The fourth-order valence-corrected chi connectivity index (χ4v) is 11.9. The van der Waals surface area contributed by atoms with E-state index in [2.05, 4.69) is 309 Å². The second-order valence-corrected chi connectivity index (χ2v) is 27.0. The molecule has 0 unspecified atom stereocenters. The van der Waals surface area contributed by atoms with Crippen molar-refractivity contribution >= 4 is 0 Å². The number of aliphatic hydroxyl groups is 2. The van der Waals surface area contributed by atoms with Gasteiger partial charge in [-0.1, -0.05) is 298 Å². The molecule has 0 aromatic rings. The summed E-state index contributed by atoms with van der Waals surface area (Å²) in [5, 5.41) is 20.2. The minimum atomic E-state index is -0.331. The first-order valence-electron chi connectivity index (χ1n) is 30.7. The summed E-state index contributed by atoms with van der Waals surface area (Å²) < 4.78 is 0. The minimum Gasteiger partial charge on any atom is -0.393 e. The molecule has 0 bridgehead atoms. The summed E-state index contributed by atoms with van der Waals surface area (Å²) in [5.74, 6) is 0.348. The van der Waals surface area contributed by atoms with Gasteiger partial charge < -0.3 is 10.2 Å². The lowest BCUT2D eigenvalue weighted by Gasteiger charge is -2.38. The van der Waals surface area contributed by atoms with Crippen LogP contribution in [0.3, 0.4) is 0 Å². The van der Waals surface area contributed by atoms with Gasteiger partial charge in [0.15, 0.2) is 0 Å². The van der Waals surface area contributed by atoms with Crippen LogP contribution in [0.5, 0.6) is 0 Å². The van der Waals surface area contributed by atoms with E-state index in [1.165, 1.54) is 111 Å². The highest BCUT2D eigenvalue weighted by molar-refractivity contribution is 5.41. The molecule has 0 saturated heterocycles. The molecule has 3 atom stereocenters. The number of hydrogen-bond acceptors (Lipinski definition) is 2. The maximum atomic E-state index is 10.1. The van der Waals surface area contributed by atoms with Crippen LogP contribution in [0.4, 0.5) is 0 Å². The van der Waals surface area contributed by atoms with Crippen molar-refractivity contribution in [1.29, 1.82) is 0 Å². The zero-order valence-corrected chi connectivity index (χ0v) is 55.2. The minimum absolute atomic E-state index is 0.00528. The number of rotatable bonds is 20. The second-order valence-electron chi connectivity index (χ2n) is 27.0. The topological polar surface area (TPSA) is 40.5 Å². The normalized spacial score (nSPS) is 24.3. The molecule has 0 aromatic heterocycles. The van der Waals surface area contributed by atoms with Crippen molar-refractivity contribution in [2.75, 3.05) is 0 Å². The molecule has 2 heteroatoms. The lowest BCUT2D eigenvalue weighted by molar-refractivity contribution is 0.116. The quantitative estimate of drug-likeness (QED) is 0.0942. The zero-order chi connectivity index (χ0) is 61.3. The molecule has 82 heavy (non-hydrogen) atoms. The van der Waals surface area contributed by atoms with Gasteiger partial charge in [0.25, 0.3) is 0 Å². The standard InChI is InChI=1S/C40H56O2.C40H56/c1-29(17-13-19-31(3)21-23-37-33(5)25-35(41)27-39(37,7)8)15-11-12-16-30(2)18-14-20-32(4)22-24-38-34(6)26-36(42)28-40(38,9)10;1-31(19-13-21-33(3)25-27-37-35(5)23-15-29-39(37,7)8)17-11-12-18-32(2)20-14-22-34(4)26-28-38-36(6)24-16-30-40(38,9)10/h11-25,35-37,41-42H,26-28H2,1-10H3;11-14,17-22,25-28H,15-16,23-24,29-30H2,1-10H3/b12-11+,17-13+,18-14+,23-21+,24-22+,29-15+,30-16+,31-19+,32-20+;12-11+,19-13+,20-14+,27-25+,28-26+,31-17+,32-18+,33-21+,34-22+/t35-,36+,37-;/m0./s1. The van der Waals surface area contributed by atoms with Crippen molar-refractivity contribution in [2.45, 2.75) is 208 Å². The summed E-state index contributed by atoms with van der Waals surface area (Å²) in [6.07, 6.45) is 72.2. The molecule has 0 aromatic carbocycles. The molecule has 444 valence electrons. The average Bonchev–Trinajstić information content (AvgIpc) is 3.35. The molecule has 4 aliphatic carbocycles. The average molecular weight is 1110 g/mol. The van der Waals surface area contributed by atoms with Crippen LogP contribution < -0.4 is 0 Å². The van der Waals surface area contributed by atoms with Gasteiger partial charge in [0.1, 0.15) is 0 Å². The third kappa shape index (κ3) is 25.8. The molecular weight excluding hydrogens is 993 g/mol. The maximum Gasteiger partial charge on any atom is 0.0729 e. The maximum absolute atomic E-state index is 10.1. The largest absolute Gasteiger partial charge is 0.393 e. The van der Waals surface area contributed by atoms with E-state index < -0.39 is 0 Å². The first-order chi connectivity index (χ1) is 38.4. The van der Waals surface area contributed by atoms with Crippen molar-refractivity contribution in [3.05, 3.63) is 260 Å². The molecule has 0 radical (unpaired) electrons. The summed E-state index contributed by atoms with van der Waals surface area (Å²) in [6.45, 7) is 44.3. The zero-order valence-electron chi connectivity index (χ0n) is 55.2. The van der Waals surface area contributed by atoms with Crippen LogP contribution in [0, 0.1) is 27.6 Å². The van der Waals surface area contributed by atoms with Crippen LogP contribution in [-0.2, 0) is 0 Å². The molecule has 0 fully saturated rings. The molecule has 0 spiro atoms. The molecule has 0 aliphatic heterocycles. The Morgan fingerprint density at radius 1 is 0.402 bits per heavy atom. The molecule has 0 heterocycles. The fraction of sp³-hybridized carbons (Fsp3) is 0.450. The molecule has 0 saturated carbocycles. The van der Waals surface area contributed by atoms with Gasteiger partial charge in [-0.15, -0.1) is 0 Å². The van der Waals surface area contributed by atoms with Crippen LogP contribution in [-0.4, -0.2) is 22.4 Å². The van der Waals surface area contributed by atoms with Crippen molar-refractivity contribution in [3.8, 4) is 0 Å². The van der Waals surface area contributed by atoms with E-state index in [-0.39, 0.29) is 23.0 Å². The molecule has 0 amide bonds. The number of aliphatic hydroxyl groups excluding tert-OH is 2. The highest BCUT2D eigenvalue weighted by Crippen LogP contribution is 2.44. The molecule has 2 N–H and O–H groups in total. The Kier molecular flexibility index (Phi) is 29.3. The summed E-state index contributed by atoms with van der Waals surface area (Å²) in [4.78, 5) is 0. The van der Waals surface area contributed by atoms with Gasteiger partial charge in [0.05, 0.1) is 12.2 Å². The Labute approximate surface area is 503 Å². The Morgan fingerprint density at radius 2 is 0.720 bits per heavy atom. The van der Waals surface area contributed by atoms with E-state index in [4.69, 9.17) is 0 Å². The first kappa shape index (κ1) is 70.5. The Hall–Kier alpha value is -5.80. The van der Waals surface area contributed by atoms with E-state index >= 15 is 0 Å². The predicted octanol–water partition coefficient (Wildman–Crippen LogP) is 23.0. The lowest BCUT2D eigenvalue weighted by atomic mass is 9.67. The third-order valence-corrected chi connectivity index (χ3v) is 16.7. The smallest absolute Gasteiger partial charge is 0.0729 e. The van der Waals surface area contributed by atoms with Crippen molar-refractivity contribution in [3.63, 3.8) is 0 Å². The van der Waals surface area contributed by atoms with E-state index in [0.29, 0.717) is 16.7 Å². The van der Waals surface area contributed by atoms with E-state index in [9.17, 15) is 10.2 Å². The van der Waals surface area contributed by atoms with Gasteiger partial charge in [0.2, 0.25) is 0 Å². The Morgan fingerprint density at radius 3 is 1.05 bits per heavy atom. The van der Waals surface area contributed by atoms with Crippen molar-refractivity contribution in [1.82, 2.24) is 0 Å². The van der Waals surface area contributed by atoms with Gasteiger partial charge in [-0.05, 0) is 179 Å². The van der Waals surface area contributed by atoms with E-state index in [1.54, 1.807) is 11.1 Å². The SMILES string of the molecule is CC1=C(/C=C/C(C)=C/C=C/C(C)=C/C=C/C=C(C)/C=C/C=C(C)/C=C/C2=C(C)CCCC2(C)C)C(C)(C)CCC1.CC1=C[C@H](O)CC(C)(C)[C@H]1/C=C/C(C)=C/C=C/C(C)=C/C=C/C=C(C)/C=C/C=C(C)/C=C/C1=C(C)C[C@@H](O)CC1(C)C. The van der Waals surface area contributed by atoms with Gasteiger partial charge in [-0.3, -0.25) is 0 Å². The first-order valence-corrected chi connectivity index (χ1v) is 30.7. The van der Waals surface area contributed by atoms with Crippen LogP contribution in [0.15, 0.2) is 260 Å². The van der Waals surface area contributed by atoms with Gasteiger partial charge in [-0.2, -0.15) is 0 Å². The van der Waals surface area contributed by atoms with Gasteiger partial charge in [0, 0.05) is 5.92 Å². The Balaban J connectivity index is 0.000000431. The lowest BCUT2D eigenvalue weighted by Crippen LogP contribution is -2.32. The van der Waals surface area contributed by atoms with Crippen LogP contribution in [0.25, 0.3) is 0 Å². The predicted molar refractivity (Wildman–Crippen MR) is 365 cm³/mol. The number of allylic oxidation sites excluding steroid dienone is 42. The summed E-state index contributed by atoms with van der Waals surface area (Å²) in [5.41, 5.74) is 20.5. The fourth-order valence-electron chi connectivity index (χ4n) is 11.9.